The summed E-state index contributed by atoms with van der Waals surface area (Å²) >= 11 is 0. The Bertz CT molecular complexity index is 1500. The van der Waals surface area contributed by atoms with Crippen molar-refractivity contribution in [3.8, 4) is 5.75 Å². The smallest absolute Gasteiger partial charge is 0.338 e. The van der Waals surface area contributed by atoms with E-state index in [-0.39, 0.29) is 5.75 Å². The van der Waals surface area contributed by atoms with Gasteiger partial charge in [-0.1, -0.05) is 67.6 Å². The van der Waals surface area contributed by atoms with E-state index < -0.39 is 5.97 Å². The van der Waals surface area contributed by atoms with Crippen LogP contribution >= 0.6 is 0 Å². The van der Waals surface area contributed by atoms with Gasteiger partial charge in [0.05, 0.1) is 29.1 Å². The highest BCUT2D eigenvalue weighted by molar-refractivity contribution is 6.19. The molecule has 4 heteroatoms. The highest BCUT2D eigenvalue weighted by atomic mass is 16.5. The number of aromatic nitrogens is 1. The van der Waals surface area contributed by atoms with E-state index in [1.54, 1.807) is 12.1 Å². The number of nitrogens with zero attached hydrogens (tertiary/aromatic N) is 1. The van der Waals surface area contributed by atoms with Crippen LogP contribution in [0, 0.1) is 0 Å². The molecule has 0 spiro atoms. The number of phenolic OH excluding ortho intramolecular Hbond substituents is 1. The van der Waals surface area contributed by atoms with Gasteiger partial charge in [0.2, 0.25) is 0 Å². The number of ether oxygens (including phenoxy) is 1. The van der Waals surface area contributed by atoms with E-state index in [0.717, 1.165) is 34.8 Å². The van der Waals surface area contributed by atoms with Gasteiger partial charge in [-0.05, 0) is 59.4 Å². The summed E-state index contributed by atoms with van der Waals surface area (Å²) in [5.74, 6) is -0.222. The maximum absolute atomic E-state index is 12.6. The molecule has 170 valence electrons. The van der Waals surface area contributed by atoms with Gasteiger partial charge in [0.25, 0.3) is 0 Å². The van der Waals surface area contributed by atoms with Crippen LogP contribution in [0.15, 0.2) is 84.9 Å². The third-order valence-corrected chi connectivity index (χ3v) is 6.53. The maximum Gasteiger partial charge on any atom is 0.338 e. The standard InChI is InChI=1S/C30H27NO3/c1-3-20-17-26-29(27(32)18-20)28-24(30(33)34-2)14-9-15-25(28)31(26)19-23-13-8-7-12-22(23)16-21-10-5-4-6-11-21/h4-15,17-18,32H,3,16,19H2,1-2H3. The highest BCUT2D eigenvalue weighted by Crippen LogP contribution is 2.39. The molecule has 34 heavy (non-hydrogen) atoms. The third-order valence-electron chi connectivity index (χ3n) is 6.53. The molecular formula is C30H27NO3. The molecule has 0 radical (unpaired) electrons. The van der Waals surface area contributed by atoms with Crippen LogP contribution in [0.1, 0.15) is 39.5 Å². The summed E-state index contributed by atoms with van der Waals surface area (Å²) in [5.41, 5.74) is 7.04. The van der Waals surface area contributed by atoms with Crippen LogP contribution in [0.2, 0.25) is 0 Å². The number of hydrogen-bond acceptors (Lipinski definition) is 3. The number of fused-ring (bicyclic) bond motifs is 3. The molecule has 0 unspecified atom stereocenters. The van der Waals surface area contributed by atoms with Gasteiger partial charge in [0.1, 0.15) is 5.75 Å². The molecule has 5 aromatic rings. The minimum atomic E-state index is -0.409. The Hall–Kier alpha value is -4.05. The number of aromatic hydroxyl groups is 1. The monoisotopic (exact) mass is 449 g/mol. The quantitative estimate of drug-likeness (QED) is 0.302. The second-order valence-corrected chi connectivity index (χ2v) is 8.57. The van der Waals surface area contributed by atoms with Gasteiger partial charge >= 0.3 is 5.97 Å². The lowest BCUT2D eigenvalue weighted by Crippen LogP contribution is -2.05. The zero-order valence-electron chi connectivity index (χ0n) is 19.4. The average Bonchev–Trinajstić information content (AvgIpc) is 3.19. The molecule has 4 nitrogen and oxygen atoms in total. The van der Waals surface area contributed by atoms with Crippen LogP contribution in [0.5, 0.6) is 5.75 Å². The largest absolute Gasteiger partial charge is 0.507 e. The first-order chi connectivity index (χ1) is 16.6. The fourth-order valence-electron chi connectivity index (χ4n) is 4.82. The van der Waals surface area contributed by atoms with E-state index in [2.05, 4.69) is 66.1 Å². The van der Waals surface area contributed by atoms with Gasteiger partial charge in [-0.3, -0.25) is 0 Å². The van der Waals surface area contributed by atoms with Crippen molar-refractivity contribution in [3.05, 3.63) is 113 Å². The van der Waals surface area contributed by atoms with E-state index in [4.69, 9.17) is 4.74 Å². The Morgan fingerprint density at radius 2 is 1.56 bits per heavy atom. The number of carbonyl (C=O) groups is 1. The van der Waals surface area contributed by atoms with Gasteiger partial charge in [-0.25, -0.2) is 4.79 Å². The Morgan fingerprint density at radius 3 is 2.29 bits per heavy atom. The van der Waals surface area contributed by atoms with Gasteiger partial charge in [0.15, 0.2) is 0 Å². The lowest BCUT2D eigenvalue weighted by molar-refractivity contribution is 0.0603. The maximum atomic E-state index is 12.6. The molecule has 0 fully saturated rings. The number of phenols is 1. The Labute approximate surface area is 199 Å². The topological polar surface area (TPSA) is 51.5 Å². The van der Waals surface area contributed by atoms with E-state index in [1.807, 2.05) is 18.2 Å². The molecule has 0 amide bonds. The Kier molecular flexibility index (Phi) is 5.81. The molecule has 1 aromatic heterocycles. The third kappa shape index (κ3) is 3.81. The number of carbonyl (C=O) groups excluding carboxylic acids is 1. The summed E-state index contributed by atoms with van der Waals surface area (Å²) in [6, 6.07) is 28.5. The second kappa shape index (κ2) is 9.06. The van der Waals surface area contributed by atoms with Crippen molar-refractivity contribution in [1.82, 2.24) is 4.57 Å². The molecule has 0 bridgehead atoms. The van der Waals surface area contributed by atoms with Crippen LogP contribution in [-0.4, -0.2) is 22.8 Å². The first-order valence-corrected chi connectivity index (χ1v) is 11.6. The molecule has 0 aliphatic rings. The minimum Gasteiger partial charge on any atom is -0.507 e. The summed E-state index contributed by atoms with van der Waals surface area (Å²) in [7, 11) is 1.38. The van der Waals surface area contributed by atoms with Gasteiger partial charge in [-0.15, -0.1) is 0 Å². The normalized spacial score (nSPS) is 11.2. The molecule has 0 saturated heterocycles. The van der Waals surface area contributed by atoms with Crippen LogP contribution in [0.25, 0.3) is 21.8 Å². The molecule has 0 aliphatic heterocycles. The van der Waals surface area contributed by atoms with Crippen LogP contribution in [0.4, 0.5) is 0 Å². The van der Waals surface area contributed by atoms with Crippen molar-refractivity contribution in [2.75, 3.05) is 7.11 Å². The summed E-state index contributed by atoms with van der Waals surface area (Å²) in [6.45, 7) is 2.70. The Morgan fingerprint density at radius 1 is 0.824 bits per heavy atom. The summed E-state index contributed by atoms with van der Waals surface area (Å²) in [5, 5.41) is 12.4. The molecule has 1 N–H and O–H groups in total. The van der Waals surface area contributed by atoms with Crippen molar-refractivity contribution in [3.63, 3.8) is 0 Å². The number of benzene rings is 4. The van der Waals surface area contributed by atoms with Crippen molar-refractivity contribution < 1.29 is 14.6 Å². The predicted octanol–water partition coefficient (Wildman–Crippen LogP) is 6.49. The predicted molar refractivity (Wildman–Crippen MR) is 137 cm³/mol. The van der Waals surface area contributed by atoms with Gasteiger partial charge in [0, 0.05) is 11.9 Å². The fraction of sp³-hybridized carbons (Fsp3) is 0.167. The van der Waals surface area contributed by atoms with Crippen molar-refractivity contribution in [1.29, 1.82) is 0 Å². The van der Waals surface area contributed by atoms with Crippen LogP contribution in [-0.2, 0) is 24.1 Å². The van der Waals surface area contributed by atoms with E-state index >= 15 is 0 Å². The number of rotatable bonds is 6. The fourth-order valence-corrected chi connectivity index (χ4v) is 4.82. The van der Waals surface area contributed by atoms with E-state index in [0.29, 0.717) is 17.5 Å². The van der Waals surface area contributed by atoms with Crippen molar-refractivity contribution >= 4 is 27.8 Å². The second-order valence-electron chi connectivity index (χ2n) is 8.57. The summed E-state index contributed by atoms with van der Waals surface area (Å²) < 4.78 is 7.27. The van der Waals surface area contributed by atoms with Crippen LogP contribution < -0.4 is 0 Å². The highest BCUT2D eigenvalue weighted by Gasteiger charge is 2.21. The van der Waals surface area contributed by atoms with Crippen LogP contribution in [0.3, 0.4) is 0 Å². The van der Waals surface area contributed by atoms with Crippen molar-refractivity contribution in [2.45, 2.75) is 26.3 Å². The summed E-state index contributed by atoms with van der Waals surface area (Å²) in [6.07, 6.45) is 1.65. The molecule has 0 saturated carbocycles. The lowest BCUT2D eigenvalue weighted by atomic mass is 9.99. The number of hydrogen-bond donors (Lipinski definition) is 1. The van der Waals surface area contributed by atoms with E-state index in [1.165, 1.54) is 23.8 Å². The lowest BCUT2D eigenvalue weighted by Gasteiger charge is -2.13. The molecule has 0 atom stereocenters. The summed E-state index contributed by atoms with van der Waals surface area (Å²) in [4.78, 5) is 12.6. The minimum absolute atomic E-state index is 0.187. The molecule has 1 heterocycles. The molecule has 5 rings (SSSR count). The van der Waals surface area contributed by atoms with E-state index in [9.17, 15) is 9.90 Å². The number of esters is 1. The Balaban J connectivity index is 1.73. The average molecular weight is 450 g/mol. The molecule has 0 aliphatic carbocycles. The van der Waals surface area contributed by atoms with Gasteiger partial charge in [-0.2, -0.15) is 0 Å². The molecule has 4 aromatic carbocycles. The number of aryl methyl sites for hydroxylation is 1. The number of methoxy groups -OCH3 is 1. The van der Waals surface area contributed by atoms with Crippen molar-refractivity contribution in [2.24, 2.45) is 0 Å². The first-order valence-electron chi connectivity index (χ1n) is 11.6. The zero-order chi connectivity index (χ0) is 23.7. The first kappa shape index (κ1) is 21.8. The SMILES string of the molecule is CCc1cc(O)c2c3c(C(=O)OC)cccc3n(Cc3ccccc3Cc3ccccc3)c2c1. The van der Waals surface area contributed by atoms with Gasteiger partial charge < -0.3 is 14.4 Å². The zero-order valence-corrected chi connectivity index (χ0v) is 19.4. The molecular weight excluding hydrogens is 422 g/mol.